The number of hydrogen-bond donors (Lipinski definition) is 4. The van der Waals surface area contributed by atoms with Crippen molar-refractivity contribution < 1.29 is 25.2 Å². The van der Waals surface area contributed by atoms with Crippen LogP contribution in [-0.2, 0) is 4.74 Å². The largest absolute Gasteiger partial charge is 0.395 e. The standard InChI is InChI=1S/C16H33NO5/c1-16(2,3)11-22-8-6-4-5-7-17-9-13(19)15(21)14(20)12(17)10-18/h12-15,18-21H,4-11H2,1-3H3/t12-,13+,14-,15-/m1/s1. The molecule has 1 fully saturated rings. The van der Waals surface area contributed by atoms with Crippen molar-refractivity contribution in [1.29, 1.82) is 0 Å². The number of aliphatic hydroxyl groups excluding tert-OH is 4. The number of likely N-dealkylation sites (tertiary alicyclic amines) is 1. The topological polar surface area (TPSA) is 93.4 Å². The Hall–Kier alpha value is -0.240. The first kappa shape index (κ1) is 19.8. The van der Waals surface area contributed by atoms with Crippen LogP contribution in [0.5, 0.6) is 0 Å². The predicted octanol–water partition coefficient (Wildman–Crippen LogP) is -0.0214. The first-order valence-corrected chi connectivity index (χ1v) is 8.23. The second kappa shape index (κ2) is 9.15. The third-order valence-electron chi connectivity index (χ3n) is 3.99. The van der Waals surface area contributed by atoms with Crippen molar-refractivity contribution in [2.45, 2.75) is 64.4 Å². The fraction of sp³-hybridized carbons (Fsp3) is 1.00. The summed E-state index contributed by atoms with van der Waals surface area (Å²) < 4.78 is 5.61. The number of ether oxygens (including phenoxy) is 1. The number of aliphatic hydroxyl groups is 4. The van der Waals surface area contributed by atoms with Crippen LogP contribution < -0.4 is 0 Å². The van der Waals surface area contributed by atoms with E-state index < -0.39 is 24.4 Å². The number of unbranched alkanes of at least 4 members (excludes halogenated alkanes) is 2. The van der Waals surface area contributed by atoms with E-state index in [0.717, 1.165) is 32.5 Å². The highest BCUT2D eigenvalue weighted by molar-refractivity contribution is 4.93. The minimum atomic E-state index is -1.18. The summed E-state index contributed by atoms with van der Waals surface area (Å²) in [6.07, 6.45) is -0.379. The molecule has 0 radical (unpaired) electrons. The Morgan fingerprint density at radius 2 is 1.73 bits per heavy atom. The molecular formula is C16H33NO5. The number of β-amino-alcohol motifs (C(OH)–C–C–N with tert-alkyl or cyclic N) is 1. The molecule has 6 heteroatoms. The van der Waals surface area contributed by atoms with Crippen LogP contribution in [0.1, 0.15) is 40.0 Å². The molecule has 0 aromatic heterocycles. The van der Waals surface area contributed by atoms with Crippen molar-refractivity contribution in [2.75, 3.05) is 32.9 Å². The summed E-state index contributed by atoms with van der Waals surface area (Å²) in [7, 11) is 0. The van der Waals surface area contributed by atoms with Crippen molar-refractivity contribution in [1.82, 2.24) is 4.90 Å². The van der Waals surface area contributed by atoms with Crippen LogP contribution >= 0.6 is 0 Å². The Bertz CT molecular complexity index is 307. The summed E-state index contributed by atoms with van der Waals surface area (Å²) in [6, 6.07) is -0.504. The summed E-state index contributed by atoms with van der Waals surface area (Å²) in [5, 5.41) is 38.6. The summed E-state index contributed by atoms with van der Waals surface area (Å²) in [4.78, 5) is 1.86. The lowest BCUT2D eigenvalue weighted by atomic mass is 9.94. The van der Waals surface area contributed by atoms with Gasteiger partial charge in [0.15, 0.2) is 0 Å². The Labute approximate surface area is 133 Å². The summed E-state index contributed by atoms with van der Waals surface area (Å²) in [5.74, 6) is 0. The minimum Gasteiger partial charge on any atom is -0.395 e. The second-order valence-corrected chi connectivity index (χ2v) is 7.47. The van der Waals surface area contributed by atoms with Crippen LogP contribution in [0.15, 0.2) is 0 Å². The summed E-state index contributed by atoms with van der Waals surface area (Å²) in [5.41, 5.74) is 0.190. The van der Waals surface area contributed by atoms with E-state index in [1.165, 1.54) is 0 Å². The molecule has 22 heavy (non-hydrogen) atoms. The van der Waals surface area contributed by atoms with E-state index in [9.17, 15) is 20.4 Å². The number of piperidine rings is 1. The van der Waals surface area contributed by atoms with Gasteiger partial charge in [0.05, 0.1) is 25.4 Å². The van der Waals surface area contributed by atoms with Gasteiger partial charge in [0, 0.05) is 13.2 Å². The Balaban J connectivity index is 2.20. The highest BCUT2D eigenvalue weighted by atomic mass is 16.5. The molecule has 1 heterocycles. The molecule has 4 atom stereocenters. The molecule has 4 N–H and O–H groups in total. The van der Waals surface area contributed by atoms with Crippen LogP contribution in [0.2, 0.25) is 0 Å². The Kier molecular flexibility index (Phi) is 8.24. The maximum absolute atomic E-state index is 9.90. The SMILES string of the molecule is CC(C)(C)COCCCCCN1C[C@H](O)[C@@H](O)[C@H](O)[C@H]1CO. The smallest absolute Gasteiger partial charge is 0.109 e. The molecule has 0 saturated carbocycles. The van der Waals surface area contributed by atoms with Crippen LogP contribution in [0.25, 0.3) is 0 Å². The molecule has 1 saturated heterocycles. The van der Waals surface area contributed by atoms with Crippen LogP contribution in [0.4, 0.5) is 0 Å². The van der Waals surface area contributed by atoms with Gasteiger partial charge in [-0.05, 0) is 31.2 Å². The third-order valence-corrected chi connectivity index (χ3v) is 3.99. The lowest BCUT2D eigenvalue weighted by molar-refractivity contribution is -0.145. The average molecular weight is 319 g/mol. The monoisotopic (exact) mass is 319 g/mol. The third kappa shape index (κ3) is 6.48. The molecule has 0 spiro atoms. The van der Waals surface area contributed by atoms with E-state index in [2.05, 4.69) is 20.8 Å². The van der Waals surface area contributed by atoms with Crippen LogP contribution in [-0.4, -0.2) is 82.6 Å². The van der Waals surface area contributed by atoms with E-state index in [1.54, 1.807) is 0 Å². The van der Waals surface area contributed by atoms with Crippen LogP contribution in [0.3, 0.4) is 0 Å². The van der Waals surface area contributed by atoms with Crippen molar-refractivity contribution in [3.63, 3.8) is 0 Å². The lowest BCUT2D eigenvalue weighted by Gasteiger charge is -2.43. The fourth-order valence-corrected chi connectivity index (χ4v) is 2.71. The predicted molar refractivity (Wildman–Crippen MR) is 84.6 cm³/mol. The zero-order valence-corrected chi connectivity index (χ0v) is 14.1. The molecule has 0 aliphatic carbocycles. The zero-order valence-electron chi connectivity index (χ0n) is 14.1. The average Bonchev–Trinajstić information content (AvgIpc) is 2.43. The Morgan fingerprint density at radius 3 is 2.32 bits per heavy atom. The molecule has 0 amide bonds. The normalized spacial score (nSPS) is 30.7. The quantitative estimate of drug-likeness (QED) is 0.470. The van der Waals surface area contributed by atoms with Gasteiger partial charge in [-0.2, -0.15) is 0 Å². The molecule has 0 unspecified atom stereocenters. The van der Waals surface area contributed by atoms with Gasteiger partial charge in [-0.3, -0.25) is 4.90 Å². The molecule has 1 rings (SSSR count). The van der Waals surface area contributed by atoms with Gasteiger partial charge in [0.1, 0.15) is 12.2 Å². The molecule has 0 aromatic rings. The van der Waals surface area contributed by atoms with E-state index in [-0.39, 0.29) is 18.6 Å². The van der Waals surface area contributed by atoms with Gasteiger partial charge in [0.2, 0.25) is 0 Å². The van der Waals surface area contributed by atoms with E-state index in [0.29, 0.717) is 6.54 Å². The molecule has 0 aromatic carbocycles. The highest BCUT2D eigenvalue weighted by Gasteiger charge is 2.40. The molecule has 1 aliphatic rings. The first-order valence-electron chi connectivity index (χ1n) is 8.23. The number of rotatable bonds is 8. The van der Waals surface area contributed by atoms with Gasteiger partial charge in [-0.25, -0.2) is 0 Å². The first-order chi connectivity index (χ1) is 10.3. The zero-order chi connectivity index (χ0) is 16.8. The summed E-state index contributed by atoms with van der Waals surface area (Å²) in [6.45, 7) is 8.66. The number of nitrogens with zero attached hydrogens (tertiary/aromatic N) is 1. The molecular weight excluding hydrogens is 286 g/mol. The summed E-state index contributed by atoms with van der Waals surface area (Å²) >= 11 is 0. The van der Waals surface area contributed by atoms with Crippen molar-refractivity contribution >= 4 is 0 Å². The second-order valence-electron chi connectivity index (χ2n) is 7.47. The number of hydrogen-bond acceptors (Lipinski definition) is 6. The van der Waals surface area contributed by atoms with Gasteiger partial charge in [-0.1, -0.05) is 20.8 Å². The van der Waals surface area contributed by atoms with Crippen LogP contribution in [0, 0.1) is 5.41 Å². The molecule has 6 nitrogen and oxygen atoms in total. The maximum Gasteiger partial charge on any atom is 0.109 e. The molecule has 1 aliphatic heterocycles. The van der Waals surface area contributed by atoms with Crippen molar-refractivity contribution in [2.24, 2.45) is 5.41 Å². The van der Waals surface area contributed by atoms with E-state index in [1.807, 2.05) is 4.90 Å². The van der Waals surface area contributed by atoms with E-state index in [4.69, 9.17) is 4.74 Å². The van der Waals surface area contributed by atoms with Gasteiger partial charge in [-0.15, -0.1) is 0 Å². The van der Waals surface area contributed by atoms with Gasteiger partial charge < -0.3 is 25.2 Å². The Morgan fingerprint density at radius 1 is 1.05 bits per heavy atom. The van der Waals surface area contributed by atoms with E-state index >= 15 is 0 Å². The van der Waals surface area contributed by atoms with Gasteiger partial charge >= 0.3 is 0 Å². The molecule has 0 bridgehead atoms. The molecule has 132 valence electrons. The van der Waals surface area contributed by atoms with Gasteiger partial charge in [0.25, 0.3) is 0 Å². The van der Waals surface area contributed by atoms with Crippen molar-refractivity contribution in [3.8, 4) is 0 Å². The lowest BCUT2D eigenvalue weighted by Crippen LogP contribution is -2.62. The maximum atomic E-state index is 9.90. The highest BCUT2D eigenvalue weighted by Crippen LogP contribution is 2.19. The van der Waals surface area contributed by atoms with Crippen molar-refractivity contribution in [3.05, 3.63) is 0 Å². The fourth-order valence-electron chi connectivity index (χ4n) is 2.71. The minimum absolute atomic E-state index is 0.190.